The second-order valence-corrected chi connectivity index (χ2v) is 6.59. The van der Waals surface area contributed by atoms with Crippen molar-refractivity contribution in [2.75, 3.05) is 41.3 Å². The molecule has 1 aromatic carbocycles. The van der Waals surface area contributed by atoms with Crippen LogP contribution in [0, 0.1) is 0 Å². The first-order chi connectivity index (χ1) is 12.3. The van der Waals surface area contributed by atoms with Crippen LogP contribution in [-0.2, 0) is 0 Å². The fourth-order valence-electron chi connectivity index (χ4n) is 3.33. The fourth-order valence-corrected chi connectivity index (χ4v) is 3.33. The van der Waals surface area contributed by atoms with Crippen LogP contribution in [0.2, 0.25) is 0 Å². The van der Waals surface area contributed by atoms with Gasteiger partial charge in [0.15, 0.2) is 0 Å². The van der Waals surface area contributed by atoms with Crippen LogP contribution in [0.5, 0.6) is 0 Å². The van der Waals surface area contributed by atoms with Gasteiger partial charge in [-0.2, -0.15) is 4.98 Å². The Morgan fingerprint density at radius 2 is 1.68 bits per heavy atom. The maximum Gasteiger partial charge on any atom is 0.229 e. The molecule has 2 heterocycles. The number of rotatable bonds is 8. The Balaban J connectivity index is 1.68. The largest absolute Gasteiger partial charge is 0.372 e. The molecule has 1 fully saturated rings. The van der Waals surface area contributed by atoms with Gasteiger partial charge in [-0.25, -0.2) is 4.98 Å². The normalized spacial score (nSPS) is 13.9. The molecule has 134 valence electrons. The maximum atomic E-state index is 4.70. The van der Waals surface area contributed by atoms with Crippen molar-refractivity contribution in [3.8, 4) is 0 Å². The van der Waals surface area contributed by atoms with Gasteiger partial charge >= 0.3 is 0 Å². The predicted octanol–water partition coefficient (Wildman–Crippen LogP) is 4.45. The molecular formula is C20H29N5. The molecule has 0 atom stereocenters. The first kappa shape index (κ1) is 17.5. The molecule has 25 heavy (non-hydrogen) atoms. The Labute approximate surface area is 151 Å². The summed E-state index contributed by atoms with van der Waals surface area (Å²) in [6.07, 6.45) is 6.66. The summed E-state index contributed by atoms with van der Waals surface area (Å²) in [5, 5.41) is 3.33. The number of hydrogen-bond acceptors (Lipinski definition) is 5. The number of hydrogen-bond donors (Lipinski definition) is 1. The lowest BCUT2D eigenvalue weighted by molar-refractivity contribution is 0.733. The van der Waals surface area contributed by atoms with Crippen molar-refractivity contribution < 1.29 is 0 Å². The van der Waals surface area contributed by atoms with Crippen molar-refractivity contribution in [1.82, 2.24) is 9.97 Å². The van der Waals surface area contributed by atoms with E-state index in [1.807, 2.05) is 12.3 Å². The van der Waals surface area contributed by atoms with E-state index >= 15 is 0 Å². The SMILES string of the molecule is CCCN(CCC)c1ccnc(Nc2ccc(N3CCCC3)cc2)n1. The summed E-state index contributed by atoms with van der Waals surface area (Å²) >= 11 is 0. The molecule has 1 aliphatic heterocycles. The molecule has 3 rings (SSSR count). The molecule has 0 unspecified atom stereocenters. The molecule has 0 spiro atoms. The third kappa shape index (κ3) is 4.62. The summed E-state index contributed by atoms with van der Waals surface area (Å²) in [6.45, 7) is 8.78. The lowest BCUT2D eigenvalue weighted by Crippen LogP contribution is -2.26. The van der Waals surface area contributed by atoms with Crippen LogP contribution in [0.1, 0.15) is 39.5 Å². The van der Waals surface area contributed by atoms with Gasteiger partial charge in [0.2, 0.25) is 5.95 Å². The summed E-state index contributed by atoms with van der Waals surface area (Å²) in [5.41, 5.74) is 2.33. The number of nitrogens with one attached hydrogen (secondary N) is 1. The summed E-state index contributed by atoms with van der Waals surface area (Å²) < 4.78 is 0. The van der Waals surface area contributed by atoms with E-state index in [1.165, 1.54) is 31.6 Å². The average molecular weight is 339 g/mol. The zero-order chi connectivity index (χ0) is 17.5. The van der Waals surface area contributed by atoms with E-state index in [0.29, 0.717) is 5.95 Å². The van der Waals surface area contributed by atoms with Crippen LogP contribution in [0.25, 0.3) is 0 Å². The van der Waals surface area contributed by atoms with Crippen molar-refractivity contribution in [3.05, 3.63) is 36.5 Å². The van der Waals surface area contributed by atoms with Crippen LogP contribution in [0.4, 0.5) is 23.1 Å². The van der Waals surface area contributed by atoms with E-state index < -0.39 is 0 Å². The zero-order valence-corrected chi connectivity index (χ0v) is 15.4. The van der Waals surface area contributed by atoms with Crippen LogP contribution in [0.3, 0.4) is 0 Å². The molecule has 1 saturated heterocycles. The van der Waals surface area contributed by atoms with Gasteiger partial charge in [-0.3, -0.25) is 0 Å². The fraction of sp³-hybridized carbons (Fsp3) is 0.500. The van der Waals surface area contributed by atoms with Crippen LogP contribution in [-0.4, -0.2) is 36.1 Å². The van der Waals surface area contributed by atoms with Crippen molar-refractivity contribution in [2.45, 2.75) is 39.5 Å². The van der Waals surface area contributed by atoms with E-state index in [2.05, 4.69) is 58.2 Å². The number of anilines is 4. The van der Waals surface area contributed by atoms with E-state index in [0.717, 1.165) is 37.4 Å². The summed E-state index contributed by atoms with van der Waals surface area (Å²) in [4.78, 5) is 13.8. The molecular weight excluding hydrogens is 310 g/mol. The minimum absolute atomic E-state index is 0.656. The average Bonchev–Trinajstić information content (AvgIpc) is 3.17. The molecule has 1 aliphatic rings. The van der Waals surface area contributed by atoms with Crippen LogP contribution in [0.15, 0.2) is 36.5 Å². The van der Waals surface area contributed by atoms with E-state index in [1.54, 1.807) is 0 Å². The van der Waals surface area contributed by atoms with Gasteiger partial charge in [0.05, 0.1) is 0 Å². The highest BCUT2D eigenvalue weighted by atomic mass is 15.2. The number of nitrogens with zero attached hydrogens (tertiary/aromatic N) is 4. The molecule has 2 aromatic rings. The van der Waals surface area contributed by atoms with Crippen molar-refractivity contribution in [2.24, 2.45) is 0 Å². The van der Waals surface area contributed by atoms with E-state index in [9.17, 15) is 0 Å². The smallest absolute Gasteiger partial charge is 0.229 e. The summed E-state index contributed by atoms with van der Waals surface area (Å²) in [5.74, 6) is 1.65. The third-order valence-electron chi connectivity index (χ3n) is 4.55. The van der Waals surface area contributed by atoms with Crippen LogP contribution < -0.4 is 15.1 Å². The molecule has 1 N–H and O–H groups in total. The standard InChI is InChI=1S/C20H29N5/c1-3-13-25(14-4-2)19-11-12-21-20(23-19)22-17-7-9-18(10-8-17)24-15-5-6-16-24/h7-12H,3-6,13-16H2,1-2H3,(H,21,22,23). The molecule has 0 saturated carbocycles. The van der Waals surface area contributed by atoms with E-state index in [-0.39, 0.29) is 0 Å². The Hall–Kier alpha value is -2.30. The van der Waals surface area contributed by atoms with Gasteiger partial charge in [-0.05, 0) is 56.0 Å². The first-order valence-corrected chi connectivity index (χ1v) is 9.50. The van der Waals surface area contributed by atoms with Gasteiger partial charge in [-0.15, -0.1) is 0 Å². The molecule has 0 radical (unpaired) electrons. The molecule has 1 aromatic heterocycles. The molecule has 0 amide bonds. The summed E-state index contributed by atoms with van der Waals surface area (Å²) in [7, 11) is 0. The van der Waals surface area contributed by atoms with Gasteiger partial charge in [0.1, 0.15) is 5.82 Å². The molecule has 5 heteroatoms. The first-order valence-electron chi connectivity index (χ1n) is 9.50. The van der Waals surface area contributed by atoms with Gasteiger partial charge in [0, 0.05) is 43.8 Å². The lowest BCUT2D eigenvalue weighted by Gasteiger charge is -2.22. The zero-order valence-electron chi connectivity index (χ0n) is 15.4. The minimum atomic E-state index is 0.656. The quantitative estimate of drug-likeness (QED) is 0.770. The number of aromatic nitrogens is 2. The van der Waals surface area contributed by atoms with E-state index in [4.69, 9.17) is 4.98 Å². The van der Waals surface area contributed by atoms with Crippen molar-refractivity contribution >= 4 is 23.1 Å². The summed E-state index contributed by atoms with van der Waals surface area (Å²) in [6, 6.07) is 10.6. The highest BCUT2D eigenvalue weighted by Crippen LogP contribution is 2.23. The molecule has 0 aliphatic carbocycles. The van der Waals surface area contributed by atoms with Crippen molar-refractivity contribution in [1.29, 1.82) is 0 Å². The second-order valence-electron chi connectivity index (χ2n) is 6.59. The third-order valence-corrected chi connectivity index (χ3v) is 4.55. The van der Waals surface area contributed by atoms with Crippen molar-refractivity contribution in [3.63, 3.8) is 0 Å². The predicted molar refractivity (Wildman–Crippen MR) is 106 cm³/mol. The second kappa shape index (κ2) is 8.70. The Morgan fingerprint density at radius 3 is 2.32 bits per heavy atom. The Kier molecular flexibility index (Phi) is 6.09. The highest BCUT2D eigenvalue weighted by Gasteiger charge is 2.12. The van der Waals surface area contributed by atoms with Gasteiger partial charge in [-0.1, -0.05) is 13.8 Å². The molecule has 5 nitrogen and oxygen atoms in total. The monoisotopic (exact) mass is 339 g/mol. The Morgan fingerprint density at radius 1 is 1.00 bits per heavy atom. The maximum absolute atomic E-state index is 4.70. The Bertz CT molecular complexity index is 643. The van der Waals surface area contributed by atoms with Crippen LogP contribution >= 0.6 is 0 Å². The van der Waals surface area contributed by atoms with Gasteiger partial charge < -0.3 is 15.1 Å². The number of benzene rings is 1. The topological polar surface area (TPSA) is 44.3 Å². The molecule has 0 bridgehead atoms. The lowest BCUT2D eigenvalue weighted by atomic mass is 10.2. The highest BCUT2D eigenvalue weighted by molar-refractivity contribution is 5.60. The minimum Gasteiger partial charge on any atom is -0.372 e. The van der Waals surface area contributed by atoms with Gasteiger partial charge in [0.25, 0.3) is 0 Å².